The van der Waals surface area contributed by atoms with Crippen LogP contribution in [0.2, 0.25) is 0 Å². The van der Waals surface area contributed by atoms with Gasteiger partial charge in [0.05, 0.1) is 6.61 Å². The van der Waals surface area contributed by atoms with Crippen LogP contribution in [0.15, 0.2) is 12.1 Å². The van der Waals surface area contributed by atoms with Gasteiger partial charge < -0.3 is 14.9 Å². The van der Waals surface area contributed by atoms with E-state index in [2.05, 4.69) is 4.74 Å². The topological polar surface area (TPSA) is 66.8 Å². The third kappa shape index (κ3) is 2.49. The molecule has 0 saturated carbocycles. The number of aliphatic hydroxyl groups is 1. The average molecular weight is 228 g/mol. The predicted molar refractivity (Wildman–Crippen MR) is 54.4 cm³/mol. The minimum Gasteiger partial charge on any atom is -0.505 e. The van der Waals surface area contributed by atoms with Crippen LogP contribution < -0.4 is 0 Å². The number of carbonyl (C=O) groups excluding carboxylic acids is 1. The number of esters is 1. The number of hydrogen-bond acceptors (Lipinski definition) is 4. The van der Waals surface area contributed by atoms with Gasteiger partial charge >= 0.3 is 5.97 Å². The zero-order valence-electron chi connectivity index (χ0n) is 9.03. The zero-order valence-corrected chi connectivity index (χ0v) is 9.03. The standard InChI is InChI=1S/C11H13FO4/c1-3-16-11(15)10(14)7-4-6(2)9(12)8(13)5-7/h4-5,10,13-14H,3H2,1-2H3. The summed E-state index contributed by atoms with van der Waals surface area (Å²) in [6, 6.07) is 2.29. The van der Waals surface area contributed by atoms with Gasteiger partial charge in [0.1, 0.15) is 0 Å². The Morgan fingerprint density at radius 2 is 2.19 bits per heavy atom. The van der Waals surface area contributed by atoms with Crippen LogP contribution in [0.4, 0.5) is 4.39 Å². The fourth-order valence-electron chi connectivity index (χ4n) is 1.29. The first-order chi connectivity index (χ1) is 7.47. The molecule has 0 aromatic heterocycles. The lowest BCUT2D eigenvalue weighted by Gasteiger charge is -2.11. The Labute approximate surface area is 92.3 Å². The van der Waals surface area contributed by atoms with Gasteiger partial charge in [0.2, 0.25) is 0 Å². The molecular formula is C11H13FO4. The maximum absolute atomic E-state index is 13.1. The van der Waals surface area contributed by atoms with Crippen molar-refractivity contribution in [3.63, 3.8) is 0 Å². The van der Waals surface area contributed by atoms with Crippen molar-refractivity contribution in [3.8, 4) is 5.75 Å². The van der Waals surface area contributed by atoms with Gasteiger partial charge in [-0.1, -0.05) is 0 Å². The summed E-state index contributed by atoms with van der Waals surface area (Å²) in [4.78, 5) is 11.2. The predicted octanol–water partition coefficient (Wildman–Crippen LogP) is 1.44. The highest BCUT2D eigenvalue weighted by Gasteiger charge is 2.20. The highest BCUT2D eigenvalue weighted by molar-refractivity contribution is 5.76. The lowest BCUT2D eigenvalue weighted by Crippen LogP contribution is -2.15. The van der Waals surface area contributed by atoms with E-state index in [1.165, 1.54) is 13.0 Å². The van der Waals surface area contributed by atoms with E-state index in [0.717, 1.165) is 6.07 Å². The van der Waals surface area contributed by atoms with E-state index in [0.29, 0.717) is 0 Å². The Hall–Kier alpha value is -1.62. The molecule has 5 heteroatoms. The minimum atomic E-state index is -1.51. The highest BCUT2D eigenvalue weighted by Crippen LogP contribution is 2.25. The molecule has 0 heterocycles. The molecule has 0 aliphatic carbocycles. The number of rotatable bonds is 3. The fourth-order valence-corrected chi connectivity index (χ4v) is 1.29. The number of halogens is 1. The molecule has 0 aliphatic rings. The number of carbonyl (C=O) groups is 1. The van der Waals surface area contributed by atoms with Crippen LogP contribution in [0.5, 0.6) is 5.75 Å². The second-order valence-corrected chi connectivity index (χ2v) is 3.33. The number of aromatic hydroxyl groups is 1. The van der Waals surface area contributed by atoms with E-state index < -0.39 is 23.6 Å². The van der Waals surface area contributed by atoms with Crippen molar-refractivity contribution in [3.05, 3.63) is 29.1 Å². The first kappa shape index (κ1) is 12.4. The lowest BCUT2D eigenvalue weighted by molar-refractivity contribution is -0.153. The summed E-state index contributed by atoms with van der Waals surface area (Å²) in [7, 11) is 0. The van der Waals surface area contributed by atoms with Crippen molar-refractivity contribution in [2.75, 3.05) is 6.61 Å². The summed E-state index contributed by atoms with van der Waals surface area (Å²) in [6.07, 6.45) is -1.51. The van der Waals surface area contributed by atoms with Gasteiger partial charge in [-0.15, -0.1) is 0 Å². The van der Waals surface area contributed by atoms with E-state index in [9.17, 15) is 19.4 Å². The molecule has 0 aliphatic heterocycles. The number of aliphatic hydroxyl groups excluding tert-OH is 1. The van der Waals surface area contributed by atoms with Crippen molar-refractivity contribution in [1.29, 1.82) is 0 Å². The lowest BCUT2D eigenvalue weighted by atomic mass is 10.1. The molecular weight excluding hydrogens is 215 g/mol. The van der Waals surface area contributed by atoms with Crippen LogP contribution >= 0.6 is 0 Å². The number of benzene rings is 1. The van der Waals surface area contributed by atoms with Gasteiger partial charge in [0, 0.05) is 0 Å². The third-order valence-corrected chi connectivity index (χ3v) is 2.08. The Balaban J connectivity index is 3.01. The zero-order chi connectivity index (χ0) is 12.3. The van der Waals surface area contributed by atoms with Crippen molar-refractivity contribution < 1.29 is 24.1 Å². The molecule has 1 atom stereocenters. The summed E-state index contributed by atoms with van der Waals surface area (Å²) >= 11 is 0. The largest absolute Gasteiger partial charge is 0.505 e. The van der Waals surface area contributed by atoms with Gasteiger partial charge in [-0.05, 0) is 37.1 Å². The van der Waals surface area contributed by atoms with Crippen LogP contribution in [-0.2, 0) is 9.53 Å². The Morgan fingerprint density at radius 1 is 1.56 bits per heavy atom. The van der Waals surface area contributed by atoms with Crippen LogP contribution in [0.1, 0.15) is 24.2 Å². The molecule has 1 aromatic carbocycles. The van der Waals surface area contributed by atoms with E-state index in [1.54, 1.807) is 6.92 Å². The number of phenolic OH excluding ortho intramolecular Hbond substituents is 1. The van der Waals surface area contributed by atoms with Gasteiger partial charge in [-0.25, -0.2) is 9.18 Å². The van der Waals surface area contributed by atoms with Crippen LogP contribution in [0.3, 0.4) is 0 Å². The second-order valence-electron chi connectivity index (χ2n) is 3.33. The Morgan fingerprint density at radius 3 is 2.69 bits per heavy atom. The van der Waals surface area contributed by atoms with Crippen molar-refractivity contribution in [1.82, 2.24) is 0 Å². The third-order valence-electron chi connectivity index (χ3n) is 2.08. The first-order valence-electron chi connectivity index (χ1n) is 4.81. The molecule has 0 saturated heterocycles. The Kier molecular flexibility index (Phi) is 3.84. The molecule has 16 heavy (non-hydrogen) atoms. The molecule has 1 unspecified atom stereocenters. The van der Waals surface area contributed by atoms with Crippen LogP contribution in [-0.4, -0.2) is 22.8 Å². The van der Waals surface area contributed by atoms with Gasteiger partial charge in [0.25, 0.3) is 0 Å². The quantitative estimate of drug-likeness (QED) is 0.768. The van der Waals surface area contributed by atoms with Crippen LogP contribution in [0, 0.1) is 12.7 Å². The molecule has 88 valence electrons. The SMILES string of the molecule is CCOC(=O)C(O)c1cc(C)c(F)c(O)c1. The highest BCUT2D eigenvalue weighted by atomic mass is 19.1. The molecule has 0 amide bonds. The molecule has 0 bridgehead atoms. The van der Waals surface area contributed by atoms with Crippen molar-refractivity contribution in [2.45, 2.75) is 20.0 Å². The second kappa shape index (κ2) is 4.94. The molecule has 4 nitrogen and oxygen atoms in total. The van der Waals surface area contributed by atoms with Crippen molar-refractivity contribution >= 4 is 5.97 Å². The van der Waals surface area contributed by atoms with Gasteiger partial charge in [-0.2, -0.15) is 0 Å². The maximum Gasteiger partial charge on any atom is 0.339 e. The molecule has 1 rings (SSSR count). The minimum absolute atomic E-state index is 0.106. The van der Waals surface area contributed by atoms with Crippen LogP contribution in [0.25, 0.3) is 0 Å². The summed E-state index contributed by atoms with van der Waals surface area (Å²) in [5, 5.41) is 18.8. The summed E-state index contributed by atoms with van der Waals surface area (Å²) in [6.45, 7) is 3.18. The normalized spacial score (nSPS) is 12.2. The van der Waals surface area contributed by atoms with E-state index in [4.69, 9.17) is 0 Å². The number of aryl methyl sites for hydroxylation is 1. The molecule has 0 radical (unpaired) electrons. The Bertz CT molecular complexity index is 380. The molecule has 0 spiro atoms. The smallest absolute Gasteiger partial charge is 0.339 e. The monoisotopic (exact) mass is 228 g/mol. The summed E-state index contributed by atoms with van der Waals surface area (Å²) in [5.74, 6) is -2.19. The fraction of sp³-hybridized carbons (Fsp3) is 0.364. The summed E-state index contributed by atoms with van der Waals surface area (Å²) < 4.78 is 17.7. The summed E-state index contributed by atoms with van der Waals surface area (Å²) in [5.41, 5.74) is 0.258. The maximum atomic E-state index is 13.1. The first-order valence-corrected chi connectivity index (χ1v) is 4.81. The van der Waals surface area contributed by atoms with E-state index in [1.807, 2.05) is 0 Å². The van der Waals surface area contributed by atoms with E-state index >= 15 is 0 Å². The number of hydrogen-bond donors (Lipinski definition) is 2. The van der Waals surface area contributed by atoms with Crippen molar-refractivity contribution in [2.24, 2.45) is 0 Å². The molecule has 1 aromatic rings. The molecule has 2 N–H and O–H groups in total. The van der Waals surface area contributed by atoms with Gasteiger partial charge in [0.15, 0.2) is 17.7 Å². The number of ether oxygens (including phenoxy) is 1. The van der Waals surface area contributed by atoms with Gasteiger partial charge in [-0.3, -0.25) is 0 Å². The molecule has 0 fully saturated rings. The number of phenols is 1. The average Bonchev–Trinajstić information content (AvgIpc) is 2.24. The van der Waals surface area contributed by atoms with E-state index in [-0.39, 0.29) is 17.7 Å².